The summed E-state index contributed by atoms with van der Waals surface area (Å²) >= 11 is 7.11. The van der Waals surface area contributed by atoms with Crippen molar-refractivity contribution in [3.8, 4) is 0 Å². The number of benzene rings is 1. The predicted octanol–water partition coefficient (Wildman–Crippen LogP) is 2.71. The maximum Gasteiger partial charge on any atom is 0.252 e. The molecule has 0 spiro atoms. The Hall–Kier alpha value is -0.920. The van der Waals surface area contributed by atoms with E-state index in [4.69, 9.17) is 16.7 Å². The smallest absolute Gasteiger partial charge is 0.252 e. The normalized spacial score (nSPS) is 12.0. The van der Waals surface area contributed by atoms with Crippen molar-refractivity contribution in [2.75, 3.05) is 7.05 Å². The fourth-order valence-electron chi connectivity index (χ4n) is 1.69. The molecule has 2 rings (SSSR count). The van der Waals surface area contributed by atoms with E-state index < -0.39 is 10.0 Å². The molecule has 2 aromatic rings. The zero-order valence-corrected chi connectivity index (χ0v) is 13.2. The van der Waals surface area contributed by atoms with Crippen LogP contribution in [0.25, 0.3) is 0 Å². The van der Waals surface area contributed by atoms with E-state index in [1.54, 1.807) is 24.3 Å². The van der Waals surface area contributed by atoms with Crippen molar-refractivity contribution in [1.29, 1.82) is 0 Å². The molecule has 1 heterocycles. The van der Waals surface area contributed by atoms with Gasteiger partial charge in [-0.3, -0.25) is 0 Å². The van der Waals surface area contributed by atoms with Crippen LogP contribution >= 0.6 is 22.9 Å². The molecular formula is C13H14ClNO3S2. The monoisotopic (exact) mass is 331 g/mol. The van der Waals surface area contributed by atoms with Crippen LogP contribution in [0, 0.1) is 0 Å². The number of sulfonamides is 1. The van der Waals surface area contributed by atoms with Crippen LogP contribution in [0.15, 0.2) is 40.6 Å². The maximum absolute atomic E-state index is 12.4. The van der Waals surface area contributed by atoms with Crippen LogP contribution in [0.5, 0.6) is 0 Å². The van der Waals surface area contributed by atoms with E-state index in [1.807, 2.05) is 6.07 Å². The summed E-state index contributed by atoms with van der Waals surface area (Å²) in [6.45, 7) is 0.0444. The molecule has 0 aliphatic carbocycles. The summed E-state index contributed by atoms with van der Waals surface area (Å²) in [7, 11) is -2.05. The molecule has 0 saturated heterocycles. The molecule has 0 unspecified atom stereocenters. The third-order valence-electron chi connectivity index (χ3n) is 2.81. The molecule has 0 bridgehead atoms. The van der Waals surface area contributed by atoms with Crippen LogP contribution in [0.4, 0.5) is 0 Å². The highest BCUT2D eigenvalue weighted by molar-refractivity contribution is 7.91. The molecule has 0 aliphatic rings. The molecular weight excluding hydrogens is 318 g/mol. The average molecular weight is 332 g/mol. The number of halogens is 1. The van der Waals surface area contributed by atoms with Crippen LogP contribution in [0.1, 0.15) is 10.4 Å². The van der Waals surface area contributed by atoms with Crippen LogP contribution in [0.2, 0.25) is 5.02 Å². The molecule has 1 N–H and O–H groups in total. The number of rotatable bonds is 5. The molecule has 1 aromatic heterocycles. The van der Waals surface area contributed by atoms with Gasteiger partial charge in [0.25, 0.3) is 10.0 Å². The highest BCUT2D eigenvalue weighted by Crippen LogP contribution is 2.26. The largest absolute Gasteiger partial charge is 0.391 e. The Morgan fingerprint density at radius 2 is 1.95 bits per heavy atom. The quantitative estimate of drug-likeness (QED) is 0.916. The van der Waals surface area contributed by atoms with Crippen molar-refractivity contribution in [3.63, 3.8) is 0 Å². The molecule has 0 radical (unpaired) electrons. The molecule has 0 aliphatic heterocycles. The summed E-state index contributed by atoms with van der Waals surface area (Å²) in [5.41, 5.74) is 0.749. The fraction of sp³-hybridized carbons (Fsp3) is 0.231. The molecule has 20 heavy (non-hydrogen) atoms. The lowest BCUT2D eigenvalue weighted by Gasteiger charge is -2.16. The van der Waals surface area contributed by atoms with Crippen molar-refractivity contribution in [3.05, 3.63) is 51.9 Å². The first-order chi connectivity index (χ1) is 9.45. The minimum atomic E-state index is -3.56. The Labute approximate surface area is 127 Å². The van der Waals surface area contributed by atoms with Crippen LogP contribution in [0.3, 0.4) is 0 Å². The van der Waals surface area contributed by atoms with Gasteiger partial charge in [-0.1, -0.05) is 29.8 Å². The van der Waals surface area contributed by atoms with Gasteiger partial charge in [-0.25, -0.2) is 8.42 Å². The first-order valence-electron chi connectivity index (χ1n) is 5.84. The van der Waals surface area contributed by atoms with Gasteiger partial charge in [0.15, 0.2) is 0 Å². The predicted molar refractivity (Wildman–Crippen MR) is 80.3 cm³/mol. The van der Waals surface area contributed by atoms with E-state index in [-0.39, 0.29) is 17.4 Å². The molecule has 108 valence electrons. The second-order valence-electron chi connectivity index (χ2n) is 4.23. The van der Waals surface area contributed by atoms with Crippen LogP contribution < -0.4 is 0 Å². The van der Waals surface area contributed by atoms with Crippen LogP contribution in [-0.4, -0.2) is 24.9 Å². The third-order valence-corrected chi connectivity index (χ3v) is 6.52. The molecule has 1 aromatic carbocycles. The van der Waals surface area contributed by atoms with Crippen molar-refractivity contribution in [2.24, 2.45) is 0 Å². The Morgan fingerprint density at radius 3 is 2.55 bits per heavy atom. The summed E-state index contributed by atoms with van der Waals surface area (Å²) < 4.78 is 26.2. The minimum absolute atomic E-state index is 0.158. The summed E-state index contributed by atoms with van der Waals surface area (Å²) in [6, 6.07) is 10.3. The molecule has 0 fully saturated rings. The lowest BCUT2D eigenvalue weighted by Crippen LogP contribution is -2.25. The zero-order valence-electron chi connectivity index (χ0n) is 10.8. The highest BCUT2D eigenvalue weighted by Gasteiger charge is 2.23. The molecule has 0 atom stereocenters. The van der Waals surface area contributed by atoms with E-state index in [2.05, 4.69) is 0 Å². The Bertz CT molecular complexity index is 697. The van der Waals surface area contributed by atoms with Crippen molar-refractivity contribution in [2.45, 2.75) is 17.4 Å². The second-order valence-corrected chi connectivity index (χ2v) is 8.08. The first kappa shape index (κ1) is 15.5. The standard InChI is InChI=1S/C13H14ClNO3S2/c1-15(8-10-4-2-3-5-12(10)14)20(17,18)13-7-6-11(9-16)19-13/h2-7,16H,8-9H2,1H3. The molecule has 0 amide bonds. The van der Waals surface area contributed by atoms with Gasteiger partial charge in [0.05, 0.1) is 6.61 Å². The second kappa shape index (κ2) is 6.24. The zero-order chi connectivity index (χ0) is 14.8. The average Bonchev–Trinajstić information content (AvgIpc) is 2.90. The van der Waals surface area contributed by atoms with Gasteiger partial charge in [0, 0.05) is 23.5 Å². The number of nitrogens with zero attached hydrogens (tertiary/aromatic N) is 1. The SMILES string of the molecule is CN(Cc1ccccc1Cl)S(=O)(=O)c1ccc(CO)s1. The van der Waals surface area contributed by atoms with E-state index in [1.165, 1.54) is 17.4 Å². The lowest BCUT2D eigenvalue weighted by atomic mass is 10.2. The van der Waals surface area contributed by atoms with Crippen molar-refractivity contribution >= 4 is 33.0 Å². The topological polar surface area (TPSA) is 57.6 Å². The number of aliphatic hydroxyl groups excluding tert-OH is 1. The van der Waals surface area contributed by atoms with Gasteiger partial charge in [0.2, 0.25) is 0 Å². The van der Waals surface area contributed by atoms with Crippen molar-refractivity contribution < 1.29 is 13.5 Å². The summed E-state index contributed by atoms with van der Waals surface area (Å²) in [4.78, 5) is 0.620. The van der Waals surface area contributed by atoms with Gasteiger partial charge >= 0.3 is 0 Å². The van der Waals surface area contributed by atoms with Gasteiger partial charge in [-0.15, -0.1) is 11.3 Å². The van der Waals surface area contributed by atoms with Crippen molar-refractivity contribution in [1.82, 2.24) is 4.31 Å². The lowest BCUT2D eigenvalue weighted by molar-refractivity contribution is 0.285. The first-order valence-corrected chi connectivity index (χ1v) is 8.48. The van der Waals surface area contributed by atoms with Gasteiger partial charge in [-0.05, 0) is 23.8 Å². The molecule has 7 heteroatoms. The number of hydrogen-bond acceptors (Lipinski definition) is 4. The van der Waals surface area contributed by atoms with E-state index >= 15 is 0 Å². The maximum atomic E-state index is 12.4. The van der Waals surface area contributed by atoms with Crippen LogP contribution in [-0.2, 0) is 23.2 Å². The number of hydrogen-bond donors (Lipinski definition) is 1. The Morgan fingerprint density at radius 1 is 1.25 bits per heavy atom. The fourth-order valence-corrected chi connectivity index (χ4v) is 4.46. The number of thiophene rings is 1. The van der Waals surface area contributed by atoms with E-state index in [9.17, 15) is 8.42 Å². The highest BCUT2D eigenvalue weighted by atomic mass is 35.5. The third kappa shape index (κ3) is 3.21. The Kier molecular flexibility index (Phi) is 4.82. The summed E-state index contributed by atoms with van der Waals surface area (Å²) in [6.07, 6.45) is 0. The Balaban J connectivity index is 2.23. The number of aliphatic hydroxyl groups is 1. The molecule has 4 nitrogen and oxygen atoms in total. The summed E-state index contributed by atoms with van der Waals surface area (Å²) in [5.74, 6) is 0. The van der Waals surface area contributed by atoms with Gasteiger partial charge in [0.1, 0.15) is 4.21 Å². The minimum Gasteiger partial charge on any atom is -0.391 e. The summed E-state index contributed by atoms with van der Waals surface area (Å²) in [5, 5.41) is 9.55. The van der Waals surface area contributed by atoms with Gasteiger partial charge < -0.3 is 5.11 Å². The molecule has 0 saturated carbocycles. The van der Waals surface area contributed by atoms with Gasteiger partial charge in [-0.2, -0.15) is 4.31 Å². The van der Waals surface area contributed by atoms with E-state index in [0.29, 0.717) is 9.90 Å². The van der Waals surface area contributed by atoms with E-state index in [0.717, 1.165) is 16.9 Å².